The van der Waals surface area contributed by atoms with Gasteiger partial charge in [0, 0.05) is 42.5 Å². The largest absolute Gasteiger partial charge is 0.481 e. The number of nitrogens with one attached hydrogen (secondary N) is 2. The number of thioether (sulfide) groups is 1. The van der Waals surface area contributed by atoms with E-state index in [0.717, 1.165) is 18.5 Å². The normalized spacial score (nSPS) is 15.9. The average Bonchev–Trinajstić information content (AvgIpc) is 3.29. The van der Waals surface area contributed by atoms with E-state index >= 15 is 0 Å². The highest BCUT2D eigenvalue weighted by molar-refractivity contribution is 8.23. The van der Waals surface area contributed by atoms with Crippen LogP contribution in [0.4, 0.5) is 5.69 Å². The number of amides is 2. The number of thiocarbonyl (C=S) groups is 1. The minimum absolute atomic E-state index is 0.0433. The number of carbonyl (C=O) groups is 3. The van der Waals surface area contributed by atoms with E-state index in [0.29, 0.717) is 55.2 Å². The zero-order valence-electron chi connectivity index (χ0n) is 29.8. The van der Waals surface area contributed by atoms with Crippen molar-refractivity contribution in [1.29, 1.82) is 0 Å². The first-order valence-corrected chi connectivity index (χ1v) is 18.2. The molecule has 14 heteroatoms. The highest BCUT2D eigenvalue weighted by atomic mass is 32.2. The predicted octanol–water partition coefficient (Wildman–Crippen LogP) is 4.84. The summed E-state index contributed by atoms with van der Waals surface area (Å²) in [6.45, 7) is 10.2. The Morgan fingerprint density at radius 2 is 1.76 bits per heavy atom. The maximum absolute atomic E-state index is 13.6. The van der Waals surface area contributed by atoms with Crippen LogP contribution in [0.3, 0.4) is 0 Å². The van der Waals surface area contributed by atoms with Crippen LogP contribution in [0.25, 0.3) is 5.69 Å². The molecule has 2 amide bonds. The third-order valence-corrected chi connectivity index (χ3v) is 10.2. The van der Waals surface area contributed by atoms with Gasteiger partial charge in [0.2, 0.25) is 11.8 Å². The molecule has 1 aliphatic rings. The topological polar surface area (TPSA) is 148 Å². The summed E-state index contributed by atoms with van der Waals surface area (Å²) in [6, 6.07) is 6.96. The second kappa shape index (κ2) is 17.3. The Hall–Kier alpha value is -3.65. The molecule has 2 heterocycles. The number of allylic oxidation sites excluding steroid dienone is 2. The molecular weight excluding hydrogens is 665 g/mol. The SMILES string of the molecule is CCCC1C=CCn2c(=O)n(-c3ccc(NCCCNC(=O)C(C)(CCCC(SC(C)=S)C(=O)N(C)C)CC(C)(C)C(=O)O)cc3)c(=O)n21. The van der Waals surface area contributed by atoms with Gasteiger partial charge in [0.15, 0.2) is 0 Å². The van der Waals surface area contributed by atoms with Crippen molar-refractivity contribution in [3.63, 3.8) is 0 Å². The van der Waals surface area contributed by atoms with E-state index in [1.54, 1.807) is 58.6 Å². The van der Waals surface area contributed by atoms with E-state index in [1.807, 2.05) is 31.2 Å². The van der Waals surface area contributed by atoms with Gasteiger partial charge in [-0.15, -0.1) is 11.8 Å². The van der Waals surface area contributed by atoms with Crippen LogP contribution in [0.2, 0.25) is 0 Å². The van der Waals surface area contributed by atoms with E-state index in [-0.39, 0.29) is 40.9 Å². The summed E-state index contributed by atoms with van der Waals surface area (Å²) in [5.41, 5.74) is -1.50. The summed E-state index contributed by atoms with van der Waals surface area (Å²) >= 11 is 6.58. The zero-order chi connectivity index (χ0) is 36.5. The molecule has 49 heavy (non-hydrogen) atoms. The molecule has 1 aliphatic heterocycles. The summed E-state index contributed by atoms with van der Waals surface area (Å²) in [5, 5.41) is 15.8. The van der Waals surface area contributed by atoms with Crippen LogP contribution >= 0.6 is 24.0 Å². The fourth-order valence-electron chi connectivity index (χ4n) is 6.31. The molecule has 12 nitrogen and oxygen atoms in total. The highest BCUT2D eigenvalue weighted by Gasteiger charge is 2.42. The lowest BCUT2D eigenvalue weighted by atomic mass is 9.70. The summed E-state index contributed by atoms with van der Waals surface area (Å²) in [4.78, 5) is 66.2. The summed E-state index contributed by atoms with van der Waals surface area (Å²) < 4.78 is 4.90. The van der Waals surface area contributed by atoms with E-state index in [1.165, 1.54) is 25.9 Å². The van der Waals surface area contributed by atoms with Gasteiger partial charge >= 0.3 is 17.3 Å². The number of benzene rings is 1. The van der Waals surface area contributed by atoms with Gasteiger partial charge < -0.3 is 20.6 Å². The first-order chi connectivity index (χ1) is 23.0. The molecule has 0 saturated carbocycles. The molecular formula is C35H52N6O6S2. The average molecular weight is 717 g/mol. The van der Waals surface area contributed by atoms with Crippen molar-refractivity contribution < 1.29 is 19.5 Å². The number of aliphatic carboxylic acids is 1. The van der Waals surface area contributed by atoms with Gasteiger partial charge in [0.25, 0.3) is 0 Å². The van der Waals surface area contributed by atoms with Crippen molar-refractivity contribution in [2.24, 2.45) is 10.8 Å². The number of nitrogens with zero attached hydrogens (tertiary/aromatic N) is 4. The van der Waals surface area contributed by atoms with Crippen LogP contribution in [-0.2, 0) is 20.9 Å². The maximum Gasteiger partial charge on any atom is 0.352 e. The highest BCUT2D eigenvalue weighted by Crippen LogP contribution is 2.39. The first-order valence-electron chi connectivity index (χ1n) is 16.9. The standard InChI is InChI=1S/C35H52N6O6S2/c1-8-12-27-13-10-22-39-32(46)40(33(47)41(27)39)26-17-15-25(16-18-26)36-20-11-21-37-30(43)35(5,23-34(3,4)31(44)45)19-9-14-28(49-24(2)48)29(42)38(6)7/h10,13,15-18,27-28,36H,8-9,11-12,14,19-23H2,1-7H3,(H,37,43)(H,44,45). The molecule has 0 fully saturated rings. The quantitative estimate of drug-likeness (QED) is 0.112. The predicted molar refractivity (Wildman–Crippen MR) is 200 cm³/mol. The smallest absolute Gasteiger partial charge is 0.352 e. The Morgan fingerprint density at radius 1 is 1.08 bits per heavy atom. The molecule has 0 saturated heterocycles. The minimum Gasteiger partial charge on any atom is -0.481 e. The molecule has 0 bridgehead atoms. The fraction of sp³-hybridized carbons (Fsp3) is 0.600. The second-order valence-corrected chi connectivity index (χ2v) is 16.1. The lowest BCUT2D eigenvalue weighted by molar-refractivity contribution is -0.150. The first kappa shape index (κ1) is 39.8. The van der Waals surface area contributed by atoms with Crippen molar-refractivity contribution in [2.45, 2.75) is 97.4 Å². The van der Waals surface area contributed by atoms with Crippen molar-refractivity contribution >= 4 is 51.6 Å². The van der Waals surface area contributed by atoms with Crippen LogP contribution in [0.15, 0.2) is 46.0 Å². The van der Waals surface area contributed by atoms with Gasteiger partial charge in [-0.1, -0.05) is 51.1 Å². The molecule has 3 unspecified atom stereocenters. The van der Waals surface area contributed by atoms with Gasteiger partial charge in [-0.3, -0.25) is 14.4 Å². The zero-order valence-corrected chi connectivity index (χ0v) is 31.4. The van der Waals surface area contributed by atoms with Gasteiger partial charge in [-0.2, -0.15) is 0 Å². The maximum atomic E-state index is 13.6. The number of carboxylic acid groups (broad SMARTS) is 1. The molecule has 2 aromatic rings. The van der Waals surface area contributed by atoms with Gasteiger partial charge in [0.05, 0.1) is 28.9 Å². The van der Waals surface area contributed by atoms with Crippen molar-refractivity contribution in [3.8, 4) is 5.69 Å². The molecule has 3 N–H and O–H groups in total. The summed E-state index contributed by atoms with van der Waals surface area (Å²) in [6.07, 6.45) is 7.81. The van der Waals surface area contributed by atoms with Crippen molar-refractivity contribution in [2.75, 3.05) is 32.5 Å². The second-order valence-electron chi connectivity index (χ2n) is 13.8. The lowest BCUT2D eigenvalue weighted by Gasteiger charge is -2.34. The van der Waals surface area contributed by atoms with Crippen LogP contribution in [0, 0.1) is 10.8 Å². The van der Waals surface area contributed by atoms with E-state index < -0.39 is 16.8 Å². The summed E-state index contributed by atoms with van der Waals surface area (Å²) in [5.74, 6) is -1.24. The van der Waals surface area contributed by atoms with Crippen molar-refractivity contribution in [1.82, 2.24) is 24.1 Å². The Labute approximate surface area is 298 Å². The van der Waals surface area contributed by atoms with E-state index in [4.69, 9.17) is 12.2 Å². The lowest BCUT2D eigenvalue weighted by Crippen LogP contribution is -2.44. The Kier molecular flexibility index (Phi) is 14.1. The number of rotatable bonds is 18. The molecule has 0 aliphatic carbocycles. The fourth-order valence-corrected chi connectivity index (χ4v) is 7.66. The Morgan fingerprint density at radius 3 is 2.35 bits per heavy atom. The van der Waals surface area contributed by atoms with Crippen molar-refractivity contribution in [3.05, 3.63) is 57.4 Å². The van der Waals surface area contributed by atoms with Crippen LogP contribution in [-0.4, -0.2) is 78.4 Å². The number of fused-ring (bicyclic) bond motifs is 1. The van der Waals surface area contributed by atoms with Gasteiger partial charge in [-0.05, 0) is 77.1 Å². The molecule has 1 aromatic heterocycles. The third kappa shape index (κ3) is 10.2. The number of anilines is 1. The molecule has 1 aromatic carbocycles. The Balaban J connectivity index is 1.59. The molecule has 3 rings (SSSR count). The number of carboxylic acids is 1. The monoisotopic (exact) mass is 716 g/mol. The van der Waals surface area contributed by atoms with Gasteiger partial charge in [-0.25, -0.2) is 23.5 Å². The summed E-state index contributed by atoms with van der Waals surface area (Å²) in [7, 11) is 3.40. The van der Waals surface area contributed by atoms with Crippen LogP contribution in [0.1, 0.15) is 85.6 Å². The van der Waals surface area contributed by atoms with Crippen LogP contribution in [0.5, 0.6) is 0 Å². The molecule has 0 radical (unpaired) electrons. The molecule has 3 atom stereocenters. The van der Waals surface area contributed by atoms with Gasteiger partial charge in [0.1, 0.15) is 0 Å². The number of hydrogen-bond acceptors (Lipinski definition) is 8. The van der Waals surface area contributed by atoms with Crippen LogP contribution < -0.4 is 22.0 Å². The van der Waals surface area contributed by atoms with E-state index in [2.05, 4.69) is 10.6 Å². The third-order valence-electron chi connectivity index (χ3n) is 8.87. The minimum atomic E-state index is -1.12. The molecule has 270 valence electrons. The number of hydrogen-bond donors (Lipinski definition) is 3. The number of carbonyl (C=O) groups excluding carboxylic acids is 2. The number of aromatic nitrogens is 3. The Bertz CT molecular complexity index is 1640. The van der Waals surface area contributed by atoms with E-state index in [9.17, 15) is 29.1 Å². The molecule has 0 spiro atoms.